The Morgan fingerprint density at radius 2 is 1.79 bits per heavy atom. The van der Waals surface area contributed by atoms with E-state index in [1.165, 1.54) is 0 Å². The van der Waals surface area contributed by atoms with Crippen LogP contribution in [0.3, 0.4) is 0 Å². The van der Waals surface area contributed by atoms with Crippen molar-refractivity contribution in [2.24, 2.45) is 0 Å². The number of carbonyl (C=O) groups is 1. The predicted molar refractivity (Wildman–Crippen MR) is 110 cm³/mol. The third-order valence-electron chi connectivity index (χ3n) is 5.87. The van der Waals surface area contributed by atoms with Crippen LogP contribution in [0.1, 0.15) is 47.6 Å². The maximum Gasteiger partial charge on any atom is 0.251 e. The topological polar surface area (TPSA) is 75.9 Å². The van der Waals surface area contributed by atoms with E-state index in [-0.39, 0.29) is 18.3 Å². The van der Waals surface area contributed by atoms with Crippen molar-refractivity contribution in [1.29, 1.82) is 0 Å². The summed E-state index contributed by atoms with van der Waals surface area (Å²) in [6, 6.07) is 2.67. The molecule has 0 spiro atoms. The van der Waals surface area contributed by atoms with Gasteiger partial charge in [0.05, 0.1) is 12.1 Å². The Hall–Kier alpha value is -1.99. The highest BCUT2D eigenvalue weighted by Gasteiger charge is 2.38. The quantitative estimate of drug-likeness (QED) is 0.848. The van der Waals surface area contributed by atoms with Crippen LogP contribution >= 0.6 is 12.4 Å². The average Bonchev–Trinajstić information content (AvgIpc) is 3.02. The molecule has 152 valence electrons. The maximum atomic E-state index is 13.2. The van der Waals surface area contributed by atoms with Crippen LogP contribution in [-0.4, -0.2) is 55.7 Å². The van der Waals surface area contributed by atoms with Crippen molar-refractivity contribution in [3.8, 4) is 5.95 Å². The number of fused-ring (bicyclic) bond motifs is 2. The number of aromatic nitrogens is 4. The number of rotatable bonds is 3. The molecule has 1 amide bonds. The summed E-state index contributed by atoms with van der Waals surface area (Å²) in [5.41, 5.74) is 4.65. The fourth-order valence-electron chi connectivity index (χ4n) is 4.56. The van der Waals surface area contributed by atoms with Crippen molar-refractivity contribution in [2.45, 2.75) is 65.5 Å². The van der Waals surface area contributed by atoms with Crippen LogP contribution in [0.25, 0.3) is 5.95 Å². The van der Waals surface area contributed by atoms with Gasteiger partial charge in [0.1, 0.15) is 0 Å². The minimum absolute atomic E-state index is 0. The van der Waals surface area contributed by atoms with Crippen LogP contribution in [-0.2, 0) is 11.2 Å². The molecule has 8 heteroatoms. The summed E-state index contributed by atoms with van der Waals surface area (Å²) in [7, 11) is 0. The Morgan fingerprint density at radius 1 is 1.11 bits per heavy atom. The smallest absolute Gasteiger partial charge is 0.251 e. The van der Waals surface area contributed by atoms with Gasteiger partial charge in [0.2, 0.25) is 5.91 Å². The zero-order valence-electron chi connectivity index (χ0n) is 17.0. The van der Waals surface area contributed by atoms with Gasteiger partial charge in [-0.25, -0.2) is 14.6 Å². The van der Waals surface area contributed by atoms with Crippen LogP contribution in [0.2, 0.25) is 0 Å². The molecule has 7 nitrogen and oxygen atoms in total. The van der Waals surface area contributed by atoms with Crippen LogP contribution in [0.4, 0.5) is 0 Å². The van der Waals surface area contributed by atoms with Gasteiger partial charge in [0, 0.05) is 41.3 Å². The highest BCUT2D eigenvalue weighted by molar-refractivity contribution is 5.85. The molecule has 2 atom stereocenters. The number of aryl methyl sites for hydroxylation is 3. The highest BCUT2D eigenvalue weighted by Crippen LogP contribution is 2.29. The van der Waals surface area contributed by atoms with E-state index in [4.69, 9.17) is 0 Å². The van der Waals surface area contributed by atoms with Crippen molar-refractivity contribution in [1.82, 2.24) is 30.0 Å². The number of carbonyl (C=O) groups excluding carboxylic acids is 1. The molecular weight excluding hydrogens is 376 g/mol. The van der Waals surface area contributed by atoms with Crippen molar-refractivity contribution in [3.05, 3.63) is 34.4 Å². The molecule has 2 bridgehead atoms. The summed E-state index contributed by atoms with van der Waals surface area (Å²) in [4.78, 5) is 24.4. The minimum atomic E-state index is 0. The van der Waals surface area contributed by atoms with Gasteiger partial charge in [-0.05, 0) is 59.6 Å². The largest absolute Gasteiger partial charge is 0.335 e. The summed E-state index contributed by atoms with van der Waals surface area (Å²) in [6.45, 7) is 9.80. The first kappa shape index (κ1) is 20.7. The van der Waals surface area contributed by atoms with Gasteiger partial charge in [-0.1, -0.05) is 0 Å². The Bertz CT molecular complexity index is 846. The molecule has 2 unspecified atom stereocenters. The van der Waals surface area contributed by atoms with Crippen molar-refractivity contribution < 1.29 is 4.79 Å². The molecule has 2 saturated heterocycles. The van der Waals surface area contributed by atoms with E-state index in [9.17, 15) is 4.79 Å². The first-order valence-corrected chi connectivity index (χ1v) is 9.83. The maximum absolute atomic E-state index is 13.2. The molecule has 2 aromatic heterocycles. The molecule has 4 heterocycles. The second-order valence-corrected chi connectivity index (χ2v) is 7.87. The third-order valence-corrected chi connectivity index (χ3v) is 5.87. The fraction of sp³-hybridized carbons (Fsp3) is 0.600. The first-order valence-electron chi connectivity index (χ1n) is 9.83. The van der Waals surface area contributed by atoms with E-state index in [1.807, 2.05) is 33.8 Å². The van der Waals surface area contributed by atoms with E-state index in [0.717, 1.165) is 60.7 Å². The lowest BCUT2D eigenvalue weighted by Crippen LogP contribution is -2.43. The van der Waals surface area contributed by atoms with E-state index in [0.29, 0.717) is 24.5 Å². The lowest BCUT2D eigenvalue weighted by molar-refractivity contribution is -0.133. The normalized spacial score (nSPS) is 21.4. The van der Waals surface area contributed by atoms with Crippen LogP contribution in [0.5, 0.6) is 0 Å². The molecule has 2 aliphatic heterocycles. The van der Waals surface area contributed by atoms with Gasteiger partial charge >= 0.3 is 0 Å². The number of amides is 1. The Labute approximate surface area is 172 Å². The molecule has 2 aromatic rings. The standard InChI is InChI=1S/C20H28N6O.ClH/c1-12-9-13(2)23-20(22-12)26-15(4)18(14(3)24-26)10-19(27)25-16-5-6-17(25)11-21-8-7-16;/h9,16-17,21H,5-8,10-11H2,1-4H3;1H. The van der Waals surface area contributed by atoms with Gasteiger partial charge in [-0.15, -0.1) is 12.4 Å². The number of nitrogens with zero attached hydrogens (tertiary/aromatic N) is 5. The molecule has 1 N–H and O–H groups in total. The summed E-state index contributed by atoms with van der Waals surface area (Å²) in [5.74, 6) is 0.795. The van der Waals surface area contributed by atoms with Crippen molar-refractivity contribution >= 4 is 18.3 Å². The van der Waals surface area contributed by atoms with Gasteiger partial charge in [-0.2, -0.15) is 5.10 Å². The summed E-state index contributed by atoms with van der Waals surface area (Å²) in [6.07, 6.45) is 3.69. The Kier molecular flexibility index (Phi) is 6.05. The second kappa shape index (κ2) is 8.17. The molecule has 0 aromatic carbocycles. The van der Waals surface area contributed by atoms with Gasteiger partial charge in [0.25, 0.3) is 5.95 Å². The summed E-state index contributed by atoms with van der Waals surface area (Å²) >= 11 is 0. The van der Waals surface area contributed by atoms with E-state index in [1.54, 1.807) is 4.68 Å². The van der Waals surface area contributed by atoms with Crippen molar-refractivity contribution in [2.75, 3.05) is 13.1 Å². The summed E-state index contributed by atoms with van der Waals surface area (Å²) in [5, 5.41) is 8.10. The van der Waals surface area contributed by atoms with Crippen LogP contribution in [0.15, 0.2) is 6.07 Å². The third kappa shape index (κ3) is 3.78. The molecule has 0 aliphatic carbocycles. The number of hydrogen-bond donors (Lipinski definition) is 1. The van der Waals surface area contributed by atoms with Gasteiger partial charge in [0.15, 0.2) is 0 Å². The van der Waals surface area contributed by atoms with Crippen LogP contribution in [0, 0.1) is 27.7 Å². The SMILES string of the molecule is Cc1cc(C)nc(-n2nc(C)c(CC(=O)N3C4CCNCC3CC4)c2C)n1.Cl. The van der Waals surface area contributed by atoms with Gasteiger partial charge in [-0.3, -0.25) is 4.79 Å². The number of hydrogen-bond acceptors (Lipinski definition) is 5. The zero-order valence-corrected chi connectivity index (χ0v) is 17.8. The predicted octanol–water partition coefficient (Wildman–Crippen LogP) is 2.21. The Balaban J connectivity index is 0.00000225. The summed E-state index contributed by atoms with van der Waals surface area (Å²) < 4.78 is 1.77. The molecule has 2 aliphatic rings. The number of halogens is 1. The molecule has 4 rings (SSSR count). The molecule has 0 radical (unpaired) electrons. The molecular formula is C20H29ClN6O. The fourth-order valence-corrected chi connectivity index (χ4v) is 4.56. The second-order valence-electron chi connectivity index (χ2n) is 7.87. The minimum Gasteiger partial charge on any atom is -0.335 e. The lowest BCUT2D eigenvalue weighted by atomic mass is 10.1. The van der Waals surface area contributed by atoms with E-state index in [2.05, 4.69) is 25.3 Å². The number of nitrogens with one attached hydrogen (secondary N) is 1. The average molecular weight is 405 g/mol. The Morgan fingerprint density at radius 3 is 2.50 bits per heavy atom. The lowest BCUT2D eigenvalue weighted by Gasteiger charge is -2.28. The van der Waals surface area contributed by atoms with E-state index >= 15 is 0 Å². The molecule has 0 saturated carbocycles. The first-order chi connectivity index (χ1) is 12.9. The molecule has 28 heavy (non-hydrogen) atoms. The van der Waals surface area contributed by atoms with E-state index < -0.39 is 0 Å². The van der Waals surface area contributed by atoms with Crippen LogP contribution < -0.4 is 5.32 Å². The zero-order chi connectivity index (χ0) is 19.1. The molecule has 2 fully saturated rings. The van der Waals surface area contributed by atoms with Crippen molar-refractivity contribution in [3.63, 3.8) is 0 Å². The highest BCUT2D eigenvalue weighted by atomic mass is 35.5. The van der Waals surface area contributed by atoms with Gasteiger partial charge < -0.3 is 10.2 Å². The monoisotopic (exact) mass is 404 g/mol.